The Kier molecular flexibility index (Phi) is 14.4. The van der Waals surface area contributed by atoms with Crippen LogP contribution in [0.3, 0.4) is 0 Å². The van der Waals surface area contributed by atoms with E-state index in [0.29, 0.717) is 13.0 Å². The number of nitrogens with one attached hydrogen (secondary N) is 2. The monoisotopic (exact) mass is 493 g/mol. The number of halogens is 1. The van der Waals surface area contributed by atoms with E-state index in [2.05, 4.69) is 20.4 Å². The van der Waals surface area contributed by atoms with Crippen LogP contribution < -0.4 is 20.1 Å². The highest BCUT2D eigenvalue weighted by atomic mass is 127. The molecule has 0 aliphatic carbocycles. The third kappa shape index (κ3) is 10.3. The van der Waals surface area contributed by atoms with Gasteiger partial charge in [0.15, 0.2) is 5.96 Å². The van der Waals surface area contributed by atoms with Gasteiger partial charge in [0.25, 0.3) is 0 Å². The fourth-order valence-electron chi connectivity index (χ4n) is 2.45. The molecule has 0 spiro atoms. The van der Waals surface area contributed by atoms with Crippen LogP contribution in [0.2, 0.25) is 0 Å². The van der Waals surface area contributed by atoms with Crippen molar-refractivity contribution in [3.63, 3.8) is 0 Å². The second kappa shape index (κ2) is 15.4. The molecule has 8 heteroatoms. The topological polar surface area (TPSA) is 81.2 Å². The predicted molar refractivity (Wildman–Crippen MR) is 118 cm³/mol. The van der Waals surface area contributed by atoms with Crippen LogP contribution in [0.1, 0.15) is 37.7 Å². The molecule has 0 saturated carbocycles. The lowest BCUT2D eigenvalue weighted by atomic mass is 10.1. The van der Waals surface area contributed by atoms with E-state index in [1.165, 1.54) is 7.11 Å². The van der Waals surface area contributed by atoms with E-state index in [4.69, 9.17) is 9.47 Å². The zero-order valence-corrected chi connectivity index (χ0v) is 19.0. The Labute approximate surface area is 179 Å². The fraction of sp³-hybridized carbons (Fsp3) is 0.579. The number of benzene rings is 1. The molecule has 1 rings (SSSR count). The number of ether oxygens (including phenoxy) is 3. The molecule has 7 nitrogen and oxygen atoms in total. The average molecular weight is 493 g/mol. The van der Waals surface area contributed by atoms with Crippen molar-refractivity contribution < 1.29 is 19.0 Å². The second-order valence-corrected chi connectivity index (χ2v) is 5.77. The molecular weight excluding hydrogens is 461 g/mol. The Morgan fingerprint density at radius 2 is 1.78 bits per heavy atom. The molecule has 0 radical (unpaired) electrons. The predicted octanol–water partition coefficient (Wildman–Crippen LogP) is 3.11. The number of hydrogen-bond acceptors (Lipinski definition) is 5. The maximum absolute atomic E-state index is 11.0. The maximum atomic E-state index is 11.0. The lowest BCUT2D eigenvalue weighted by molar-refractivity contribution is -0.140. The van der Waals surface area contributed by atoms with Crippen LogP contribution in [0.15, 0.2) is 23.2 Å². The fourth-order valence-corrected chi connectivity index (χ4v) is 2.45. The summed E-state index contributed by atoms with van der Waals surface area (Å²) in [5.74, 6) is 2.15. The molecule has 0 amide bonds. The summed E-state index contributed by atoms with van der Waals surface area (Å²) in [5, 5.41) is 6.57. The van der Waals surface area contributed by atoms with E-state index in [1.807, 2.05) is 18.2 Å². The van der Waals surface area contributed by atoms with Gasteiger partial charge in [-0.3, -0.25) is 9.79 Å². The van der Waals surface area contributed by atoms with Crippen molar-refractivity contribution in [2.45, 2.75) is 38.6 Å². The summed E-state index contributed by atoms with van der Waals surface area (Å²) >= 11 is 0. The molecule has 0 heterocycles. The Morgan fingerprint density at radius 3 is 2.41 bits per heavy atom. The number of rotatable bonds is 11. The highest BCUT2D eigenvalue weighted by Crippen LogP contribution is 2.24. The number of carbonyl (C=O) groups is 1. The molecular formula is C19H32IN3O4. The number of aliphatic imine (C=N–C) groups is 1. The van der Waals surface area contributed by atoms with Crippen LogP contribution in [-0.2, 0) is 16.1 Å². The zero-order valence-electron chi connectivity index (χ0n) is 16.7. The van der Waals surface area contributed by atoms with Gasteiger partial charge in [-0.1, -0.05) is 12.8 Å². The second-order valence-electron chi connectivity index (χ2n) is 5.77. The first kappa shape index (κ1) is 25.3. The number of methoxy groups -OCH3 is 3. The van der Waals surface area contributed by atoms with Crippen molar-refractivity contribution in [3.8, 4) is 11.5 Å². The summed E-state index contributed by atoms with van der Waals surface area (Å²) in [6.45, 7) is 1.43. The summed E-state index contributed by atoms with van der Waals surface area (Å²) in [6, 6.07) is 5.74. The van der Waals surface area contributed by atoms with Crippen LogP contribution in [-0.4, -0.2) is 46.9 Å². The molecule has 0 aromatic heterocycles. The molecule has 0 fully saturated rings. The smallest absolute Gasteiger partial charge is 0.305 e. The van der Waals surface area contributed by atoms with Crippen molar-refractivity contribution >= 4 is 35.9 Å². The van der Waals surface area contributed by atoms with Crippen molar-refractivity contribution in [3.05, 3.63) is 23.8 Å². The minimum absolute atomic E-state index is 0. The minimum Gasteiger partial charge on any atom is -0.497 e. The Balaban J connectivity index is 0.00000676. The molecule has 1 aromatic rings. The van der Waals surface area contributed by atoms with Crippen LogP contribution >= 0.6 is 24.0 Å². The molecule has 0 aliphatic heterocycles. The van der Waals surface area contributed by atoms with Crippen molar-refractivity contribution in [2.24, 2.45) is 4.99 Å². The van der Waals surface area contributed by atoms with E-state index in [0.717, 1.165) is 55.3 Å². The first-order valence-corrected chi connectivity index (χ1v) is 8.86. The van der Waals surface area contributed by atoms with Gasteiger partial charge < -0.3 is 24.8 Å². The summed E-state index contributed by atoms with van der Waals surface area (Å²) in [5.41, 5.74) is 1.03. The van der Waals surface area contributed by atoms with E-state index in [-0.39, 0.29) is 29.9 Å². The van der Waals surface area contributed by atoms with Gasteiger partial charge in [-0.15, -0.1) is 24.0 Å². The number of esters is 1. The molecule has 0 unspecified atom stereocenters. The van der Waals surface area contributed by atoms with E-state index in [9.17, 15) is 4.79 Å². The highest BCUT2D eigenvalue weighted by Gasteiger charge is 2.06. The Bertz CT molecular complexity index is 582. The Morgan fingerprint density at radius 1 is 1.04 bits per heavy atom. The average Bonchev–Trinajstić information content (AvgIpc) is 2.68. The van der Waals surface area contributed by atoms with Crippen molar-refractivity contribution in [1.29, 1.82) is 0 Å². The van der Waals surface area contributed by atoms with Crippen LogP contribution in [0, 0.1) is 0 Å². The van der Waals surface area contributed by atoms with Crippen LogP contribution in [0.5, 0.6) is 11.5 Å². The zero-order chi connectivity index (χ0) is 19.2. The highest BCUT2D eigenvalue weighted by molar-refractivity contribution is 14.0. The third-order valence-corrected chi connectivity index (χ3v) is 3.99. The number of guanidine groups is 1. The first-order chi connectivity index (χ1) is 12.6. The number of nitrogens with zero attached hydrogens (tertiary/aromatic N) is 1. The van der Waals surface area contributed by atoms with Gasteiger partial charge in [-0.05, 0) is 25.0 Å². The standard InChI is InChI=1S/C19H31N3O4.HI/c1-20-19(21-12-8-6-5-7-9-18(23)26-4)22-14-15-10-11-16(24-2)13-17(15)25-3;/h10-11,13H,5-9,12,14H2,1-4H3,(H2,20,21,22);1H. The van der Waals surface area contributed by atoms with Gasteiger partial charge in [-0.25, -0.2) is 0 Å². The van der Waals surface area contributed by atoms with E-state index in [1.54, 1.807) is 21.3 Å². The quantitative estimate of drug-likeness (QED) is 0.162. The molecule has 0 atom stereocenters. The Hall–Kier alpha value is -1.71. The molecule has 0 aliphatic rings. The van der Waals surface area contributed by atoms with E-state index < -0.39 is 0 Å². The maximum Gasteiger partial charge on any atom is 0.305 e. The largest absolute Gasteiger partial charge is 0.497 e. The number of hydrogen-bond donors (Lipinski definition) is 2. The molecule has 2 N–H and O–H groups in total. The van der Waals surface area contributed by atoms with Gasteiger partial charge in [-0.2, -0.15) is 0 Å². The number of carbonyl (C=O) groups excluding carboxylic acids is 1. The van der Waals surface area contributed by atoms with Gasteiger partial charge in [0.05, 0.1) is 21.3 Å². The van der Waals surface area contributed by atoms with Gasteiger partial charge in [0.2, 0.25) is 0 Å². The van der Waals surface area contributed by atoms with Crippen molar-refractivity contribution in [1.82, 2.24) is 10.6 Å². The van der Waals surface area contributed by atoms with E-state index >= 15 is 0 Å². The summed E-state index contributed by atoms with van der Waals surface area (Å²) in [4.78, 5) is 15.3. The summed E-state index contributed by atoms with van der Waals surface area (Å²) in [6.07, 6.45) is 4.47. The first-order valence-electron chi connectivity index (χ1n) is 8.86. The van der Waals surface area contributed by atoms with Crippen LogP contribution in [0.25, 0.3) is 0 Å². The SMILES string of the molecule is CN=C(NCCCCCCC(=O)OC)NCc1ccc(OC)cc1OC.I. The lowest BCUT2D eigenvalue weighted by Crippen LogP contribution is -2.37. The van der Waals surface area contributed by atoms with Crippen LogP contribution in [0.4, 0.5) is 0 Å². The molecule has 0 bridgehead atoms. The van der Waals surface area contributed by atoms with Gasteiger partial charge in [0.1, 0.15) is 11.5 Å². The molecule has 154 valence electrons. The molecule has 27 heavy (non-hydrogen) atoms. The third-order valence-electron chi connectivity index (χ3n) is 3.99. The molecule has 0 saturated heterocycles. The van der Waals surface area contributed by atoms with Gasteiger partial charge >= 0.3 is 5.97 Å². The number of unbranched alkanes of at least 4 members (excludes halogenated alkanes) is 3. The summed E-state index contributed by atoms with van der Waals surface area (Å²) < 4.78 is 15.2. The normalized spacial score (nSPS) is 10.6. The lowest BCUT2D eigenvalue weighted by Gasteiger charge is -2.14. The molecule has 1 aromatic carbocycles. The summed E-state index contributed by atoms with van der Waals surface area (Å²) in [7, 11) is 6.45. The van der Waals surface area contributed by atoms with Crippen molar-refractivity contribution in [2.75, 3.05) is 34.9 Å². The minimum atomic E-state index is -0.137. The van der Waals surface area contributed by atoms with Gasteiger partial charge in [0, 0.05) is 38.2 Å².